The standard InChI is InChI=1S/C16H19NO3/c1-2-20-15(18)12-17-10-6-9-14(16(17)19)11-13-7-4-3-5-8-13/h3-5,7-8,11H,2,6,9-10,12H2,1H3/b14-11+. The minimum atomic E-state index is -0.346. The molecule has 0 atom stereocenters. The lowest BCUT2D eigenvalue weighted by molar-refractivity contribution is -0.148. The van der Waals surface area contributed by atoms with E-state index in [4.69, 9.17) is 4.74 Å². The van der Waals surface area contributed by atoms with E-state index < -0.39 is 0 Å². The van der Waals surface area contributed by atoms with E-state index in [-0.39, 0.29) is 18.4 Å². The molecule has 1 heterocycles. The Balaban J connectivity index is 2.07. The van der Waals surface area contributed by atoms with E-state index >= 15 is 0 Å². The quantitative estimate of drug-likeness (QED) is 0.624. The van der Waals surface area contributed by atoms with Gasteiger partial charge in [0.05, 0.1) is 6.61 Å². The lowest BCUT2D eigenvalue weighted by Crippen LogP contribution is -2.40. The summed E-state index contributed by atoms with van der Waals surface area (Å²) in [5, 5.41) is 0. The fourth-order valence-electron chi connectivity index (χ4n) is 2.27. The molecule has 0 bridgehead atoms. The normalized spacial score (nSPS) is 17.4. The second-order valence-electron chi connectivity index (χ2n) is 4.72. The molecule has 1 aliphatic rings. The van der Waals surface area contributed by atoms with Crippen molar-refractivity contribution in [1.29, 1.82) is 0 Å². The Morgan fingerprint density at radius 1 is 1.35 bits per heavy atom. The predicted octanol–water partition coefficient (Wildman–Crippen LogP) is 2.26. The van der Waals surface area contributed by atoms with Crippen LogP contribution in [0, 0.1) is 0 Å². The average Bonchev–Trinajstić information content (AvgIpc) is 2.45. The monoisotopic (exact) mass is 273 g/mol. The number of benzene rings is 1. The molecule has 0 aromatic heterocycles. The molecule has 0 N–H and O–H groups in total. The zero-order chi connectivity index (χ0) is 14.4. The van der Waals surface area contributed by atoms with Crippen molar-refractivity contribution in [3.63, 3.8) is 0 Å². The van der Waals surface area contributed by atoms with Crippen molar-refractivity contribution in [3.8, 4) is 0 Å². The third kappa shape index (κ3) is 3.70. The molecule has 1 aliphatic heterocycles. The highest BCUT2D eigenvalue weighted by molar-refractivity contribution is 5.99. The predicted molar refractivity (Wildman–Crippen MR) is 76.9 cm³/mol. The number of carbonyl (C=O) groups is 2. The molecular weight excluding hydrogens is 254 g/mol. The maximum Gasteiger partial charge on any atom is 0.325 e. The number of piperidine rings is 1. The summed E-state index contributed by atoms with van der Waals surface area (Å²) >= 11 is 0. The molecular formula is C16H19NO3. The highest BCUT2D eigenvalue weighted by Crippen LogP contribution is 2.20. The first-order chi connectivity index (χ1) is 9.70. The molecule has 1 saturated heterocycles. The highest BCUT2D eigenvalue weighted by atomic mass is 16.5. The lowest BCUT2D eigenvalue weighted by atomic mass is 10.0. The number of hydrogen-bond acceptors (Lipinski definition) is 3. The van der Waals surface area contributed by atoms with Gasteiger partial charge in [-0.05, 0) is 31.4 Å². The fourth-order valence-corrected chi connectivity index (χ4v) is 2.27. The van der Waals surface area contributed by atoms with E-state index in [2.05, 4.69) is 0 Å². The maximum absolute atomic E-state index is 12.3. The first-order valence-electron chi connectivity index (χ1n) is 6.91. The number of esters is 1. The van der Waals surface area contributed by atoms with Gasteiger partial charge in [0.15, 0.2) is 0 Å². The third-order valence-corrected chi connectivity index (χ3v) is 3.20. The molecule has 0 radical (unpaired) electrons. The Labute approximate surface area is 119 Å². The van der Waals surface area contributed by atoms with Gasteiger partial charge < -0.3 is 9.64 Å². The Morgan fingerprint density at radius 2 is 2.10 bits per heavy atom. The molecule has 1 amide bonds. The molecule has 0 aliphatic carbocycles. The van der Waals surface area contributed by atoms with Gasteiger partial charge in [0.25, 0.3) is 0 Å². The summed E-state index contributed by atoms with van der Waals surface area (Å²) in [6.07, 6.45) is 3.54. The molecule has 4 heteroatoms. The Hall–Kier alpha value is -2.10. The molecule has 2 rings (SSSR count). The van der Waals surface area contributed by atoms with Crippen LogP contribution in [0.15, 0.2) is 35.9 Å². The van der Waals surface area contributed by atoms with E-state index in [1.165, 1.54) is 0 Å². The van der Waals surface area contributed by atoms with Gasteiger partial charge >= 0.3 is 5.97 Å². The molecule has 20 heavy (non-hydrogen) atoms. The molecule has 1 aromatic carbocycles. The zero-order valence-electron chi connectivity index (χ0n) is 11.7. The first kappa shape index (κ1) is 14.3. The van der Waals surface area contributed by atoms with E-state index in [1.807, 2.05) is 36.4 Å². The number of ether oxygens (including phenoxy) is 1. The van der Waals surface area contributed by atoms with Crippen molar-refractivity contribution in [3.05, 3.63) is 41.5 Å². The average molecular weight is 273 g/mol. The molecule has 106 valence electrons. The Bertz CT molecular complexity index is 508. The minimum absolute atomic E-state index is 0.0405. The number of nitrogens with zero attached hydrogens (tertiary/aromatic N) is 1. The van der Waals surface area contributed by atoms with Gasteiger partial charge in [0, 0.05) is 12.1 Å². The molecule has 0 saturated carbocycles. The fraction of sp³-hybridized carbons (Fsp3) is 0.375. The second kappa shape index (κ2) is 6.89. The van der Waals surface area contributed by atoms with Gasteiger partial charge in [-0.3, -0.25) is 9.59 Å². The largest absolute Gasteiger partial charge is 0.465 e. The number of likely N-dealkylation sites (tertiary alicyclic amines) is 1. The molecule has 1 fully saturated rings. The van der Waals surface area contributed by atoms with Crippen LogP contribution in [0.4, 0.5) is 0 Å². The molecule has 4 nitrogen and oxygen atoms in total. The summed E-state index contributed by atoms with van der Waals surface area (Å²) in [5.74, 6) is -0.407. The molecule has 0 unspecified atom stereocenters. The van der Waals surface area contributed by atoms with E-state index in [1.54, 1.807) is 11.8 Å². The summed E-state index contributed by atoms with van der Waals surface area (Å²) in [5.41, 5.74) is 1.76. The van der Waals surface area contributed by atoms with Crippen LogP contribution in [0.5, 0.6) is 0 Å². The molecule has 1 aromatic rings. The second-order valence-corrected chi connectivity index (χ2v) is 4.72. The van der Waals surface area contributed by atoms with Crippen molar-refractivity contribution in [1.82, 2.24) is 4.90 Å². The summed E-state index contributed by atoms with van der Waals surface area (Å²) in [6.45, 7) is 2.76. The van der Waals surface area contributed by atoms with E-state index in [0.717, 1.165) is 24.0 Å². The van der Waals surface area contributed by atoms with Crippen LogP contribution in [0.25, 0.3) is 6.08 Å². The summed E-state index contributed by atoms with van der Waals surface area (Å²) in [6, 6.07) is 9.75. The highest BCUT2D eigenvalue weighted by Gasteiger charge is 2.25. The van der Waals surface area contributed by atoms with Crippen molar-refractivity contribution in [2.45, 2.75) is 19.8 Å². The smallest absolute Gasteiger partial charge is 0.325 e. The van der Waals surface area contributed by atoms with E-state index in [9.17, 15) is 9.59 Å². The van der Waals surface area contributed by atoms with Gasteiger partial charge in [-0.1, -0.05) is 30.3 Å². The summed E-state index contributed by atoms with van der Waals surface area (Å²) < 4.78 is 4.89. The van der Waals surface area contributed by atoms with Gasteiger partial charge in [-0.2, -0.15) is 0 Å². The van der Waals surface area contributed by atoms with Gasteiger partial charge in [0.1, 0.15) is 6.54 Å². The SMILES string of the molecule is CCOC(=O)CN1CCC/C(=C\c2ccccc2)C1=O. The Kier molecular flexibility index (Phi) is 4.93. The van der Waals surface area contributed by atoms with Gasteiger partial charge in [0.2, 0.25) is 5.91 Å². The number of hydrogen-bond donors (Lipinski definition) is 0. The topological polar surface area (TPSA) is 46.6 Å². The summed E-state index contributed by atoms with van der Waals surface area (Å²) in [4.78, 5) is 25.4. The van der Waals surface area contributed by atoms with Crippen molar-refractivity contribution >= 4 is 18.0 Å². The van der Waals surface area contributed by atoms with Crippen molar-refractivity contribution in [2.24, 2.45) is 0 Å². The van der Waals surface area contributed by atoms with Crippen LogP contribution < -0.4 is 0 Å². The van der Waals surface area contributed by atoms with E-state index in [0.29, 0.717) is 13.2 Å². The Morgan fingerprint density at radius 3 is 2.80 bits per heavy atom. The van der Waals surface area contributed by atoms with Crippen molar-refractivity contribution < 1.29 is 14.3 Å². The lowest BCUT2D eigenvalue weighted by Gasteiger charge is -2.27. The van der Waals surface area contributed by atoms with Gasteiger partial charge in [-0.15, -0.1) is 0 Å². The number of carbonyl (C=O) groups excluding carboxylic acids is 2. The zero-order valence-corrected chi connectivity index (χ0v) is 11.7. The third-order valence-electron chi connectivity index (χ3n) is 3.20. The minimum Gasteiger partial charge on any atom is -0.465 e. The van der Waals surface area contributed by atoms with Crippen LogP contribution in [0.3, 0.4) is 0 Å². The van der Waals surface area contributed by atoms with Crippen LogP contribution >= 0.6 is 0 Å². The van der Waals surface area contributed by atoms with Crippen LogP contribution in [-0.4, -0.2) is 36.5 Å². The number of amides is 1. The maximum atomic E-state index is 12.3. The van der Waals surface area contributed by atoms with Crippen LogP contribution in [-0.2, 0) is 14.3 Å². The van der Waals surface area contributed by atoms with Crippen LogP contribution in [0.1, 0.15) is 25.3 Å². The van der Waals surface area contributed by atoms with Crippen LogP contribution in [0.2, 0.25) is 0 Å². The number of rotatable bonds is 4. The molecule has 0 spiro atoms. The first-order valence-corrected chi connectivity index (χ1v) is 6.91. The van der Waals surface area contributed by atoms with Crippen molar-refractivity contribution in [2.75, 3.05) is 19.7 Å². The van der Waals surface area contributed by atoms with Gasteiger partial charge in [-0.25, -0.2) is 0 Å². The summed E-state index contributed by atoms with van der Waals surface area (Å²) in [7, 11) is 0.